The van der Waals surface area contributed by atoms with Crippen LogP contribution in [0.15, 0.2) is 10.7 Å². The van der Waals surface area contributed by atoms with Gasteiger partial charge in [-0.15, -0.1) is 0 Å². The molecule has 98 valence electrons. The maximum absolute atomic E-state index is 10.3. The molecule has 0 aromatic carbocycles. The van der Waals surface area contributed by atoms with Gasteiger partial charge in [-0.25, -0.2) is 0 Å². The van der Waals surface area contributed by atoms with Crippen LogP contribution in [0.3, 0.4) is 0 Å². The fourth-order valence-corrected chi connectivity index (χ4v) is 2.14. The lowest BCUT2D eigenvalue weighted by molar-refractivity contribution is -0.193. The Labute approximate surface area is 110 Å². The molecule has 1 rings (SSSR count). The summed E-state index contributed by atoms with van der Waals surface area (Å²) < 4.78 is 13.3. The largest absolute Gasteiger partial charge is 0.381 e. The molecule has 1 aromatic rings. The molecule has 6 heteroatoms. The number of aryl methyl sites for hydroxylation is 1. The van der Waals surface area contributed by atoms with E-state index in [1.807, 2.05) is 20.8 Å². The lowest BCUT2D eigenvalue weighted by atomic mass is 10.2. The number of rotatable bonds is 7. The number of hydrogen-bond donors (Lipinski definition) is 1. The van der Waals surface area contributed by atoms with Crippen molar-refractivity contribution in [2.75, 3.05) is 13.2 Å². The molecule has 0 fully saturated rings. The van der Waals surface area contributed by atoms with E-state index >= 15 is 0 Å². The van der Waals surface area contributed by atoms with Gasteiger partial charge in [0, 0.05) is 19.8 Å². The zero-order valence-electron chi connectivity index (χ0n) is 10.4. The van der Waals surface area contributed by atoms with Crippen LogP contribution in [-0.4, -0.2) is 34.4 Å². The summed E-state index contributed by atoms with van der Waals surface area (Å²) in [6.45, 7) is 7.35. The quantitative estimate of drug-likeness (QED) is 0.784. The van der Waals surface area contributed by atoms with Gasteiger partial charge in [-0.1, -0.05) is 0 Å². The molecule has 0 aliphatic heterocycles. The molecule has 1 aromatic heterocycles. The Morgan fingerprint density at radius 3 is 2.41 bits per heavy atom. The first-order valence-electron chi connectivity index (χ1n) is 5.78. The standard InChI is InChI=1S/C11H19BrN2O3/c1-4-14-9(8(12)7-13-14)10(15)11(16-5-2)17-6-3/h7,10-11,15H,4-6H2,1-3H3. The second-order valence-electron chi connectivity index (χ2n) is 3.42. The van der Waals surface area contributed by atoms with Crippen molar-refractivity contribution in [1.82, 2.24) is 9.78 Å². The molecule has 1 unspecified atom stereocenters. The predicted octanol–water partition coefficient (Wildman–Crippen LogP) is 2.10. The maximum atomic E-state index is 10.3. The fraction of sp³-hybridized carbons (Fsp3) is 0.727. The third kappa shape index (κ3) is 3.51. The summed E-state index contributed by atoms with van der Waals surface area (Å²) in [6.07, 6.45) is 0.145. The molecule has 0 saturated carbocycles. The van der Waals surface area contributed by atoms with Gasteiger partial charge in [0.2, 0.25) is 0 Å². The van der Waals surface area contributed by atoms with Crippen LogP contribution < -0.4 is 0 Å². The number of nitrogens with zero attached hydrogens (tertiary/aromatic N) is 2. The highest BCUT2D eigenvalue weighted by molar-refractivity contribution is 9.10. The van der Waals surface area contributed by atoms with E-state index in [9.17, 15) is 5.11 Å². The minimum atomic E-state index is -0.855. The van der Waals surface area contributed by atoms with E-state index in [4.69, 9.17) is 9.47 Å². The number of hydrogen-bond acceptors (Lipinski definition) is 4. The van der Waals surface area contributed by atoms with Crippen LogP contribution in [0.2, 0.25) is 0 Å². The average Bonchev–Trinajstić information content (AvgIpc) is 2.69. The Morgan fingerprint density at radius 2 is 1.94 bits per heavy atom. The molecule has 17 heavy (non-hydrogen) atoms. The van der Waals surface area contributed by atoms with E-state index in [0.29, 0.717) is 25.5 Å². The van der Waals surface area contributed by atoms with E-state index in [0.717, 1.165) is 4.47 Å². The molecule has 0 bridgehead atoms. The fourth-order valence-electron chi connectivity index (χ4n) is 1.61. The van der Waals surface area contributed by atoms with Gasteiger partial charge >= 0.3 is 0 Å². The number of aromatic nitrogens is 2. The van der Waals surface area contributed by atoms with Crippen molar-refractivity contribution in [1.29, 1.82) is 0 Å². The Kier molecular flexibility index (Phi) is 6.11. The summed E-state index contributed by atoms with van der Waals surface area (Å²) in [5, 5.41) is 14.4. The summed E-state index contributed by atoms with van der Waals surface area (Å²) in [5.74, 6) is 0. The van der Waals surface area contributed by atoms with Crippen LogP contribution in [0.25, 0.3) is 0 Å². The zero-order valence-corrected chi connectivity index (χ0v) is 12.0. The van der Waals surface area contributed by atoms with Crippen molar-refractivity contribution in [3.8, 4) is 0 Å². The first-order chi connectivity index (χ1) is 8.15. The van der Waals surface area contributed by atoms with Gasteiger partial charge in [0.15, 0.2) is 6.29 Å². The highest BCUT2D eigenvalue weighted by Crippen LogP contribution is 2.27. The number of halogens is 1. The molecule has 0 amide bonds. The minimum absolute atomic E-state index is 0.486. The highest BCUT2D eigenvalue weighted by atomic mass is 79.9. The van der Waals surface area contributed by atoms with E-state index in [1.165, 1.54) is 0 Å². The van der Waals surface area contributed by atoms with Crippen LogP contribution >= 0.6 is 15.9 Å². The van der Waals surface area contributed by atoms with Crippen LogP contribution in [0.4, 0.5) is 0 Å². The van der Waals surface area contributed by atoms with Crippen molar-refractivity contribution in [3.63, 3.8) is 0 Å². The van der Waals surface area contributed by atoms with Gasteiger partial charge in [-0.05, 0) is 36.7 Å². The maximum Gasteiger partial charge on any atom is 0.189 e. The average molecular weight is 307 g/mol. The molecule has 1 N–H and O–H groups in total. The lowest BCUT2D eigenvalue weighted by Gasteiger charge is -2.23. The van der Waals surface area contributed by atoms with Crippen LogP contribution in [0.1, 0.15) is 32.6 Å². The molecule has 0 aliphatic carbocycles. The first kappa shape index (κ1) is 14.6. The highest BCUT2D eigenvalue weighted by Gasteiger charge is 2.27. The van der Waals surface area contributed by atoms with Crippen LogP contribution in [0, 0.1) is 0 Å². The minimum Gasteiger partial charge on any atom is -0.381 e. The molecule has 1 heterocycles. The molecule has 0 spiro atoms. The van der Waals surface area contributed by atoms with Gasteiger partial charge in [0.25, 0.3) is 0 Å². The Morgan fingerprint density at radius 1 is 1.35 bits per heavy atom. The Hall–Kier alpha value is -0.430. The molecule has 0 saturated heterocycles. The molecular weight excluding hydrogens is 288 g/mol. The Balaban J connectivity index is 2.90. The summed E-state index contributed by atoms with van der Waals surface area (Å²) in [5.41, 5.74) is 0.680. The third-order valence-corrected chi connectivity index (χ3v) is 2.94. The van der Waals surface area contributed by atoms with Gasteiger partial charge in [-0.3, -0.25) is 4.68 Å². The molecule has 0 radical (unpaired) electrons. The SMILES string of the molecule is CCOC(OCC)C(O)c1c(Br)cnn1CC. The molecule has 0 aliphatic rings. The van der Waals surface area contributed by atoms with Gasteiger partial charge < -0.3 is 14.6 Å². The lowest BCUT2D eigenvalue weighted by Crippen LogP contribution is -2.27. The molecule has 5 nitrogen and oxygen atoms in total. The smallest absolute Gasteiger partial charge is 0.189 e. The summed E-state index contributed by atoms with van der Waals surface area (Å²) in [6, 6.07) is 0. The number of aliphatic hydroxyl groups is 1. The summed E-state index contributed by atoms with van der Waals surface area (Å²) >= 11 is 3.37. The van der Waals surface area contributed by atoms with Gasteiger partial charge in [0.1, 0.15) is 6.10 Å². The van der Waals surface area contributed by atoms with E-state index < -0.39 is 12.4 Å². The summed E-state index contributed by atoms with van der Waals surface area (Å²) in [4.78, 5) is 0. The predicted molar refractivity (Wildman–Crippen MR) is 67.6 cm³/mol. The number of ether oxygens (including phenoxy) is 2. The first-order valence-corrected chi connectivity index (χ1v) is 6.57. The second kappa shape index (κ2) is 7.10. The molecule has 1 atom stereocenters. The topological polar surface area (TPSA) is 56.5 Å². The van der Waals surface area contributed by atoms with Gasteiger partial charge in [0.05, 0.1) is 16.4 Å². The van der Waals surface area contributed by atoms with Crippen molar-refractivity contribution in [3.05, 3.63) is 16.4 Å². The normalized spacial score (nSPS) is 13.3. The van der Waals surface area contributed by atoms with E-state index in [2.05, 4.69) is 21.0 Å². The summed E-state index contributed by atoms with van der Waals surface area (Å²) in [7, 11) is 0. The number of aliphatic hydroxyl groups excluding tert-OH is 1. The van der Waals surface area contributed by atoms with Crippen molar-refractivity contribution >= 4 is 15.9 Å². The van der Waals surface area contributed by atoms with Crippen LogP contribution in [0.5, 0.6) is 0 Å². The Bertz CT molecular complexity index is 337. The zero-order chi connectivity index (χ0) is 12.8. The van der Waals surface area contributed by atoms with E-state index in [1.54, 1.807) is 10.9 Å². The van der Waals surface area contributed by atoms with E-state index in [-0.39, 0.29) is 0 Å². The van der Waals surface area contributed by atoms with Crippen LogP contribution in [-0.2, 0) is 16.0 Å². The van der Waals surface area contributed by atoms with Crippen molar-refractivity contribution in [2.24, 2.45) is 0 Å². The second-order valence-corrected chi connectivity index (χ2v) is 4.27. The van der Waals surface area contributed by atoms with Gasteiger partial charge in [-0.2, -0.15) is 5.10 Å². The van der Waals surface area contributed by atoms with Crippen molar-refractivity contribution in [2.45, 2.75) is 39.7 Å². The third-order valence-electron chi connectivity index (χ3n) is 2.33. The van der Waals surface area contributed by atoms with Crippen molar-refractivity contribution < 1.29 is 14.6 Å². The monoisotopic (exact) mass is 306 g/mol. The molecular formula is C11H19BrN2O3.